The normalized spacial score (nSPS) is 17.9. The molecule has 1 aliphatic heterocycles. The Morgan fingerprint density at radius 2 is 1.83 bits per heavy atom. The van der Waals surface area contributed by atoms with Gasteiger partial charge in [-0.3, -0.25) is 9.36 Å². The van der Waals surface area contributed by atoms with Crippen molar-refractivity contribution in [2.45, 2.75) is 38.7 Å². The molecule has 0 saturated carbocycles. The summed E-state index contributed by atoms with van der Waals surface area (Å²) in [4.78, 5) is 27.1. The number of benzene rings is 1. The lowest BCUT2D eigenvalue weighted by molar-refractivity contribution is 0.00489. The van der Waals surface area contributed by atoms with Gasteiger partial charge in [-0.2, -0.15) is 0 Å². The van der Waals surface area contributed by atoms with Crippen molar-refractivity contribution in [2.75, 3.05) is 13.7 Å². The molecule has 0 N–H and O–H groups in total. The van der Waals surface area contributed by atoms with Crippen LogP contribution < -0.4 is 10.3 Å². The van der Waals surface area contributed by atoms with Gasteiger partial charge >= 0.3 is 0 Å². The molecule has 0 radical (unpaired) electrons. The van der Waals surface area contributed by atoms with Crippen molar-refractivity contribution >= 4 is 22.8 Å². The maximum absolute atomic E-state index is 15.0. The van der Waals surface area contributed by atoms with Crippen molar-refractivity contribution in [3.05, 3.63) is 86.1 Å². The molecule has 3 aromatic heterocycles. The monoisotopic (exact) mass is 512 g/mol. The van der Waals surface area contributed by atoms with Crippen molar-refractivity contribution < 1.29 is 18.3 Å². The molecule has 0 unspecified atom stereocenters. The van der Waals surface area contributed by atoms with E-state index in [0.29, 0.717) is 47.8 Å². The van der Waals surface area contributed by atoms with E-state index in [-0.39, 0.29) is 22.7 Å². The fraction of sp³-hybridized carbons (Fsp3) is 0.308. The summed E-state index contributed by atoms with van der Waals surface area (Å²) in [5.74, 6) is -1.71. The standard InChI is InChI=1S/C26H23ClF2N4O3/c1-13-14(2)32-25-21(31-13)12-18(26(34)33(25)24-19(28)10-17(27)11-20(24)29)15-5-7-36-22(8-15)16-4-6-30-23(9-16)35-3/h4,6,9-12,15,22H,5,7-8H2,1-3H3/t15-,22+/m0/s1. The first-order valence-electron chi connectivity index (χ1n) is 11.4. The molecular formula is C26H23ClF2N4O3. The van der Waals surface area contributed by atoms with Crippen LogP contribution in [0, 0.1) is 25.5 Å². The van der Waals surface area contributed by atoms with E-state index in [1.165, 1.54) is 7.11 Å². The molecule has 7 nitrogen and oxygen atoms in total. The molecule has 10 heteroatoms. The number of methoxy groups -OCH3 is 1. The number of ether oxygens (including phenoxy) is 2. The molecule has 0 aliphatic carbocycles. The summed E-state index contributed by atoms with van der Waals surface area (Å²) in [5.41, 5.74) is 1.83. The highest BCUT2D eigenvalue weighted by Crippen LogP contribution is 2.38. The summed E-state index contributed by atoms with van der Waals surface area (Å²) in [6.45, 7) is 3.92. The van der Waals surface area contributed by atoms with E-state index < -0.39 is 22.9 Å². The second-order valence-electron chi connectivity index (χ2n) is 8.77. The Bertz CT molecular complexity index is 1520. The number of hydrogen-bond acceptors (Lipinski definition) is 6. The predicted octanol–water partition coefficient (Wildman–Crippen LogP) is 5.37. The first-order chi connectivity index (χ1) is 17.3. The van der Waals surface area contributed by atoms with Crippen LogP contribution in [0.4, 0.5) is 8.78 Å². The van der Waals surface area contributed by atoms with Gasteiger partial charge in [-0.25, -0.2) is 23.7 Å². The first kappa shape index (κ1) is 24.3. The van der Waals surface area contributed by atoms with Gasteiger partial charge in [0.25, 0.3) is 5.56 Å². The minimum absolute atomic E-state index is 0.0782. The summed E-state index contributed by atoms with van der Waals surface area (Å²) in [5, 5.41) is -0.111. The molecular weight excluding hydrogens is 490 g/mol. The van der Waals surface area contributed by atoms with E-state index in [4.69, 9.17) is 21.1 Å². The number of halogens is 3. The van der Waals surface area contributed by atoms with Gasteiger partial charge in [-0.05, 0) is 62.4 Å². The van der Waals surface area contributed by atoms with E-state index >= 15 is 8.78 Å². The summed E-state index contributed by atoms with van der Waals surface area (Å²) < 4.78 is 42.3. The molecule has 4 aromatic rings. The lowest BCUT2D eigenvalue weighted by atomic mass is 9.87. The first-order valence-corrected chi connectivity index (χ1v) is 11.8. The second-order valence-corrected chi connectivity index (χ2v) is 9.21. The van der Waals surface area contributed by atoms with Gasteiger partial charge in [0.05, 0.1) is 24.6 Å². The van der Waals surface area contributed by atoms with Crippen molar-refractivity contribution in [1.82, 2.24) is 19.5 Å². The van der Waals surface area contributed by atoms with Gasteiger partial charge in [0.15, 0.2) is 17.3 Å². The molecule has 0 spiro atoms. The lowest BCUT2D eigenvalue weighted by Gasteiger charge is -2.30. The van der Waals surface area contributed by atoms with Crippen LogP contribution in [-0.2, 0) is 4.74 Å². The number of fused-ring (bicyclic) bond motifs is 1. The molecule has 1 aromatic carbocycles. The van der Waals surface area contributed by atoms with Gasteiger partial charge in [-0.15, -0.1) is 0 Å². The highest BCUT2D eigenvalue weighted by Gasteiger charge is 2.30. The molecule has 1 saturated heterocycles. The number of hydrogen-bond donors (Lipinski definition) is 0. The lowest BCUT2D eigenvalue weighted by Crippen LogP contribution is -2.30. The molecule has 186 valence electrons. The van der Waals surface area contributed by atoms with E-state index in [0.717, 1.165) is 22.3 Å². The smallest absolute Gasteiger partial charge is 0.260 e. The highest BCUT2D eigenvalue weighted by atomic mass is 35.5. The Kier molecular flexibility index (Phi) is 6.44. The molecule has 0 amide bonds. The van der Waals surface area contributed by atoms with E-state index in [1.807, 2.05) is 6.07 Å². The molecule has 2 atom stereocenters. The number of aromatic nitrogens is 4. The second kappa shape index (κ2) is 9.55. The third-order valence-corrected chi connectivity index (χ3v) is 6.76. The minimum Gasteiger partial charge on any atom is -0.481 e. The highest BCUT2D eigenvalue weighted by molar-refractivity contribution is 6.30. The molecule has 1 fully saturated rings. The fourth-order valence-corrected chi connectivity index (χ4v) is 4.79. The summed E-state index contributed by atoms with van der Waals surface area (Å²) in [7, 11) is 1.54. The SMILES string of the molecule is COc1cc([C@H]2C[C@@H](c3cc4nc(C)c(C)nc4n(-c4c(F)cc(Cl)cc4F)c3=O)CCO2)ccn1. The van der Waals surface area contributed by atoms with Gasteiger partial charge in [0, 0.05) is 29.5 Å². The van der Waals surface area contributed by atoms with E-state index in [2.05, 4.69) is 15.0 Å². The zero-order valence-corrected chi connectivity index (χ0v) is 20.6. The number of aryl methyl sites for hydroxylation is 2. The molecule has 4 heterocycles. The predicted molar refractivity (Wildman–Crippen MR) is 131 cm³/mol. The molecule has 1 aliphatic rings. The van der Waals surface area contributed by atoms with Gasteiger partial charge in [-0.1, -0.05) is 11.6 Å². The Hall–Kier alpha value is -3.43. The summed E-state index contributed by atoms with van der Waals surface area (Å²) in [6, 6.07) is 7.26. The van der Waals surface area contributed by atoms with Crippen molar-refractivity contribution in [1.29, 1.82) is 0 Å². The Labute approximate surface area is 210 Å². The quantitative estimate of drug-likeness (QED) is 0.366. The fourth-order valence-electron chi connectivity index (χ4n) is 4.60. The topological polar surface area (TPSA) is 79.1 Å². The van der Waals surface area contributed by atoms with Crippen LogP contribution in [0.5, 0.6) is 5.88 Å². The average molecular weight is 513 g/mol. The van der Waals surface area contributed by atoms with Crippen LogP contribution in [0.1, 0.15) is 47.4 Å². The largest absolute Gasteiger partial charge is 0.481 e. The van der Waals surface area contributed by atoms with Crippen LogP contribution in [0.25, 0.3) is 16.9 Å². The van der Waals surface area contributed by atoms with E-state index in [1.54, 1.807) is 32.2 Å². The molecule has 0 bridgehead atoms. The van der Waals surface area contributed by atoms with Crippen LogP contribution in [0.3, 0.4) is 0 Å². The Balaban J connectivity index is 1.68. The minimum atomic E-state index is -0.964. The van der Waals surface area contributed by atoms with Gasteiger partial charge in [0.1, 0.15) is 11.2 Å². The number of rotatable bonds is 4. The van der Waals surface area contributed by atoms with Crippen molar-refractivity contribution in [3.63, 3.8) is 0 Å². The third-order valence-electron chi connectivity index (χ3n) is 6.54. The van der Waals surface area contributed by atoms with Crippen LogP contribution >= 0.6 is 11.6 Å². The maximum atomic E-state index is 15.0. The summed E-state index contributed by atoms with van der Waals surface area (Å²) in [6.07, 6.45) is 2.37. The van der Waals surface area contributed by atoms with Gasteiger partial charge in [0.2, 0.25) is 5.88 Å². The Morgan fingerprint density at radius 1 is 1.11 bits per heavy atom. The van der Waals surface area contributed by atoms with E-state index in [9.17, 15) is 4.79 Å². The van der Waals surface area contributed by atoms with Crippen LogP contribution in [0.2, 0.25) is 5.02 Å². The number of pyridine rings is 2. The van der Waals surface area contributed by atoms with Crippen molar-refractivity contribution in [2.24, 2.45) is 0 Å². The van der Waals surface area contributed by atoms with Crippen molar-refractivity contribution in [3.8, 4) is 11.6 Å². The molecule has 36 heavy (non-hydrogen) atoms. The molecule has 5 rings (SSSR count). The summed E-state index contributed by atoms with van der Waals surface area (Å²) >= 11 is 5.84. The third kappa shape index (κ3) is 4.33. The van der Waals surface area contributed by atoms with Crippen LogP contribution in [0.15, 0.2) is 41.3 Å². The average Bonchev–Trinajstić information content (AvgIpc) is 2.86. The zero-order chi connectivity index (χ0) is 25.6. The maximum Gasteiger partial charge on any atom is 0.260 e. The van der Waals surface area contributed by atoms with Crippen LogP contribution in [-0.4, -0.2) is 33.2 Å². The van der Waals surface area contributed by atoms with Gasteiger partial charge < -0.3 is 9.47 Å². The Morgan fingerprint density at radius 3 is 2.56 bits per heavy atom. The number of nitrogens with zero attached hydrogens (tertiary/aromatic N) is 4. The zero-order valence-electron chi connectivity index (χ0n) is 19.9.